The van der Waals surface area contributed by atoms with Gasteiger partial charge in [-0.25, -0.2) is 9.67 Å². The van der Waals surface area contributed by atoms with Crippen LogP contribution in [0.3, 0.4) is 0 Å². The Hall–Kier alpha value is -2.24. The van der Waals surface area contributed by atoms with Gasteiger partial charge >= 0.3 is 6.18 Å². The molecule has 11 heteroatoms. The highest BCUT2D eigenvalue weighted by Crippen LogP contribution is 2.37. The van der Waals surface area contributed by atoms with E-state index in [2.05, 4.69) is 36.1 Å². The Balaban J connectivity index is 1.28. The molecule has 176 valence electrons. The highest BCUT2D eigenvalue weighted by molar-refractivity contribution is 9.10. The summed E-state index contributed by atoms with van der Waals surface area (Å²) >= 11 is 3.61. The van der Waals surface area contributed by atoms with E-state index >= 15 is 0 Å². The Morgan fingerprint density at radius 3 is 2.55 bits per heavy atom. The molecule has 5 rings (SSSR count). The van der Waals surface area contributed by atoms with E-state index < -0.39 is 12.7 Å². The monoisotopic (exact) mass is 524 g/mol. The number of pyridine rings is 1. The summed E-state index contributed by atoms with van der Waals surface area (Å²) < 4.78 is 46.7. The molecule has 3 aromatic rings. The standard InChI is InChI=1S/C22H24BrF3N6O/c23-19-18(6-5-17-20(19)28-29-32(17)12-15-3-4-15)33-21-16(2-1-7-27-21)13-30-8-10-31(11-9-30)14-22(24,25)26/h1-2,5-7,15H,3-4,8-14H2. The van der Waals surface area contributed by atoms with E-state index in [0.29, 0.717) is 50.3 Å². The first-order valence-electron chi connectivity index (χ1n) is 11.0. The lowest BCUT2D eigenvalue weighted by atomic mass is 10.2. The van der Waals surface area contributed by atoms with E-state index in [0.717, 1.165) is 27.6 Å². The van der Waals surface area contributed by atoms with Crippen LogP contribution in [0.25, 0.3) is 11.0 Å². The number of halogens is 4. The molecule has 0 radical (unpaired) electrons. The number of rotatable bonds is 7. The average Bonchev–Trinajstić information content (AvgIpc) is 3.50. The fourth-order valence-electron chi connectivity index (χ4n) is 4.09. The lowest BCUT2D eigenvalue weighted by Gasteiger charge is -2.35. The van der Waals surface area contributed by atoms with Gasteiger partial charge in [-0.15, -0.1) is 5.10 Å². The number of piperazine rings is 1. The van der Waals surface area contributed by atoms with E-state index in [1.165, 1.54) is 17.7 Å². The first-order chi connectivity index (χ1) is 15.9. The van der Waals surface area contributed by atoms with Gasteiger partial charge in [0.2, 0.25) is 5.88 Å². The minimum Gasteiger partial charge on any atom is -0.437 e. The van der Waals surface area contributed by atoms with Crippen molar-refractivity contribution in [2.75, 3.05) is 32.7 Å². The first kappa shape index (κ1) is 22.5. The fourth-order valence-corrected chi connectivity index (χ4v) is 4.58. The predicted molar refractivity (Wildman–Crippen MR) is 120 cm³/mol. The van der Waals surface area contributed by atoms with Gasteiger partial charge in [-0.3, -0.25) is 9.80 Å². The van der Waals surface area contributed by atoms with E-state index in [1.54, 1.807) is 6.20 Å². The third kappa shape index (κ3) is 5.47. The minimum absolute atomic E-state index is 0.384. The van der Waals surface area contributed by atoms with Crippen LogP contribution in [-0.4, -0.2) is 68.7 Å². The van der Waals surface area contributed by atoms with Gasteiger partial charge in [0.15, 0.2) is 0 Å². The van der Waals surface area contributed by atoms with Crippen molar-refractivity contribution in [1.82, 2.24) is 29.8 Å². The molecule has 1 aliphatic carbocycles. The molecule has 0 amide bonds. The van der Waals surface area contributed by atoms with Crippen LogP contribution in [0.5, 0.6) is 11.6 Å². The van der Waals surface area contributed by atoms with Crippen molar-refractivity contribution in [3.05, 3.63) is 40.5 Å². The number of hydrogen-bond donors (Lipinski definition) is 0. The van der Waals surface area contributed by atoms with E-state index in [4.69, 9.17) is 4.74 Å². The molecular weight excluding hydrogens is 501 g/mol. The summed E-state index contributed by atoms with van der Waals surface area (Å²) in [7, 11) is 0. The highest BCUT2D eigenvalue weighted by Gasteiger charge is 2.32. The van der Waals surface area contributed by atoms with Gasteiger partial charge in [-0.1, -0.05) is 11.3 Å². The lowest BCUT2D eigenvalue weighted by molar-refractivity contribution is -0.149. The first-order valence-corrected chi connectivity index (χ1v) is 11.8. The number of aromatic nitrogens is 4. The molecule has 7 nitrogen and oxygen atoms in total. The third-order valence-corrected chi connectivity index (χ3v) is 6.80. The van der Waals surface area contributed by atoms with Crippen molar-refractivity contribution in [3.63, 3.8) is 0 Å². The maximum Gasteiger partial charge on any atom is 0.401 e. The van der Waals surface area contributed by atoms with Crippen LogP contribution in [-0.2, 0) is 13.1 Å². The van der Waals surface area contributed by atoms with Crippen LogP contribution in [0.1, 0.15) is 18.4 Å². The van der Waals surface area contributed by atoms with E-state index in [1.807, 2.05) is 28.9 Å². The Bertz CT molecular complexity index is 1130. The summed E-state index contributed by atoms with van der Waals surface area (Å²) in [6.45, 7) is 2.46. The summed E-state index contributed by atoms with van der Waals surface area (Å²) in [6, 6.07) is 7.61. The van der Waals surface area contributed by atoms with Crippen molar-refractivity contribution < 1.29 is 17.9 Å². The molecule has 1 aliphatic heterocycles. The summed E-state index contributed by atoms with van der Waals surface area (Å²) in [5, 5.41) is 8.61. The molecule has 3 heterocycles. The molecular formula is C22H24BrF3N6O. The molecule has 1 saturated carbocycles. The second-order valence-corrected chi connectivity index (χ2v) is 9.49. The number of nitrogens with zero attached hydrogens (tertiary/aromatic N) is 6. The Morgan fingerprint density at radius 1 is 1.06 bits per heavy atom. The van der Waals surface area contributed by atoms with Crippen LogP contribution in [0.15, 0.2) is 34.9 Å². The molecule has 0 bridgehead atoms. The number of hydrogen-bond acceptors (Lipinski definition) is 6. The Labute approximate surface area is 197 Å². The minimum atomic E-state index is -4.16. The van der Waals surface area contributed by atoms with Gasteiger partial charge in [0.1, 0.15) is 11.3 Å². The molecule has 33 heavy (non-hydrogen) atoms. The van der Waals surface area contributed by atoms with Crippen LogP contribution in [0.4, 0.5) is 13.2 Å². The van der Waals surface area contributed by atoms with Gasteiger partial charge in [0.05, 0.1) is 16.5 Å². The number of fused-ring (bicyclic) bond motifs is 1. The average molecular weight is 525 g/mol. The van der Waals surface area contributed by atoms with Crippen molar-refractivity contribution in [1.29, 1.82) is 0 Å². The molecule has 2 aromatic heterocycles. The van der Waals surface area contributed by atoms with Gasteiger partial charge in [-0.2, -0.15) is 13.2 Å². The summed E-state index contributed by atoms with van der Waals surface area (Å²) in [5.74, 6) is 1.76. The SMILES string of the molecule is FC(F)(F)CN1CCN(Cc2cccnc2Oc2ccc3c(nnn3CC3CC3)c2Br)CC1. The van der Waals surface area contributed by atoms with Crippen molar-refractivity contribution in [2.45, 2.75) is 32.1 Å². The summed E-state index contributed by atoms with van der Waals surface area (Å²) in [6.07, 6.45) is -0.0180. The molecule has 2 aliphatic rings. The summed E-state index contributed by atoms with van der Waals surface area (Å²) in [4.78, 5) is 7.97. The predicted octanol–water partition coefficient (Wildman–Crippen LogP) is 4.47. The molecule has 0 atom stereocenters. The Kier molecular flexibility index (Phi) is 6.28. The van der Waals surface area contributed by atoms with Gasteiger partial charge < -0.3 is 4.74 Å². The van der Waals surface area contributed by atoms with Crippen LogP contribution in [0.2, 0.25) is 0 Å². The van der Waals surface area contributed by atoms with Crippen molar-refractivity contribution in [3.8, 4) is 11.6 Å². The van der Waals surface area contributed by atoms with Gasteiger partial charge in [0.25, 0.3) is 0 Å². The zero-order valence-electron chi connectivity index (χ0n) is 17.9. The van der Waals surface area contributed by atoms with Crippen LogP contribution >= 0.6 is 15.9 Å². The van der Waals surface area contributed by atoms with E-state index in [-0.39, 0.29) is 0 Å². The maximum atomic E-state index is 12.6. The molecule has 0 N–H and O–H groups in total. The van der Waals surface area contributed by atoms with Crippen molar-refractivity contribution in [2.24, 2.45) is 5.92 Å². The molecule has 0 spiro atoms. The van der Waals surface area contributed by atoms with Crippen molar-refractivity contribution >= 4 is 27.0 Å². The fraction of sp³-hybridized carbons (Fsp3) is 0.500. The smallest absolute Gasteiger partial charge is 0.401 e. The zero-order valence-corrected chi connectivity index (χ0v) is 19.5. The maximum absolute atomic E-state index is 12.6. The molecule has 1 saturated heterocycles. The largest absolute Gasteiger partial charge is 0.437 e. The van der Waals surface area contributed by atoms with Gasteiger partial charge in [0, 0.05) is 51.0 Å². The third-order valence-electron chi connectivity index (χ3n) is 6.04. The normalized spacial score (nSPS) is 18.2. The lowest BCUT2D eigenvalue weighted by Crippen LogP contribution is -2.48. The quantitative estimate of drug-likeness (QED) is 0.454. The molecule has 1 aromatic carbocycles. The topological polar surface area (TPSA) is 59.3 Å². The highest BCUT2D eigenvalue weighted by atomic mass is 79.9. The van der Waals surface area contributed by atoms with Crippen LogP contribution in [0, 0.1) is 5.92 Å². The summed E-state index contributed by atoms with van der Waals surface area (Å²) in [5.41, 5.74) is 2.58. The number of alkyl halides is 3. The number of ether oxygens (including phenoxy) is 1. The van der Waals surface area contributed by atoms with Gasteiger partial charge in [-0.05, 0) is 52.9 Å². The second kappa shape index (κ2) is 9.19. The van der Waals surface area contributed by atoms with Crippen LogP contribution < -0.4 is 4.74 Å². The Morgan fingerprint density at radius 2 is 1.82 bits per heavy atom. The van der Waals surface area contributed by atoms with E-state index in [9.17, 15) is 13.2 Å². The number of benzene rings is 1. The molecule has 2 fully saturated rings. The molecule has 0 unspecified atom stereocenters. The second-order valence-electron chi connectivity index (χ2n) is 8.70. The zero-order chi connectivity index (χ0) is 23.0.